The predicted molar refractivity (Wildman–Crippen MR) is 82.5 cm³/mol. The highest BCUT2D eigenvalue weighted by Crippen LogP contribution is 2.31. The molecule has 5 nitrogen and oxygen atoms in total. The number of hydrogen-bond acceptors (Lipinski definition) is 3. The summed E-state index contributed by atoms with van der Waals surface area (Å²) >= 11 is 0. The van der Waals surface area contributed by atoms with Crippen LogP contribution in [0.5, 0.6) is 0 Å². The van der Waals surface area contributed by atoms with Crippen molar-refractivity contribution in [3.05, 3.63) is 0 Å². The molecule has 21 heavy (non-hydrogen) atoms. The highest BCUT2D eigenvalue weighted by molar-refractivity contribution is 5.82. The van der Waals surface area contributed by atoms with Gasteiger partial charge in [0.1, 0.15) is 0 Å². The van der Waals surface area contributed by atoms with Gasteiger partial charge in [-0.3, -0.25) is 9.59 Å². The second-order valence-electron chi connectivity index (χ2n) is 6.73. The van der Waals surface area contributed by atoms with Crippen LogP contribution in [0, 0.1) is 11.8 Å². The molecule has 2 amide bonds. The summed E-state index contributed by atoms with van der Waals surface area (Å²) in [5.74, 6) is 0.879. The normalized spacial score (nSPS) is 22.0. The minimum Gasteiger partial charge on any atom is -0.339 e. The predicted octanol–water partition coefficient (Wildman–Crippen LogP) is 1.22. The Balaban J connectivity index is 1.70. The van der Waals surface area contributed by atoms with Crippen molar-refractivity contribution < 1.29 is 9.59 Å². The summed E-state index contributed by atoms with van der Waals surface area (Å²) in [7, 11) is 0. The van der Waals surface area contributed by atoms with Gasteiger partial charge in [0.25, 0.3) is 0 Å². The van der Waals surface area contributed by atoms with E-state index < -0.39 is 0 Å². The molecule has 1 saturated heterocycles. The molecular weight excluding hydrogens is 266 g/mol. The number of carbonyl (C=O) groups is 2. The molecule has 0 aromatic rings. The van der Waals surface area contributed by atoms with Crippen molar-refractivity contribution in [1.82, 2.24) is 9.80 Å². The Kier molecular flexibility index (Phi) is 5.62. The van der Waals surface area contributed by atoms with Gasteiger partial charge < -0.3 is 15.5 Å². The van der Waals surface area contributed by atoms with Crippen molar-refractivity contribution in [1.29, 1.82) is 0 Å². The summed E-state index contributed by atoms with van der Waals surface area (Å²) in [4.78, 5) is 28.2. The van der Waals surface area contributed by atoms with E-state index in [0.717, 1.165) is 32.1 Å². The molecule has 2 unspecified atom stereocenters. The number of carbonyl (C=O) groups excluding carboxylic acids is 2. The maximum atomic E-state index is 12.4. The molecule has 1 aliphatic carbocycles. The molecule has 0 bridgehead atoms. The van der Waals surface area contributed by atoms with Gasteiger partial charge in [-0.15, -0.1) is 0 Å². The van der Waals surface area contributed by atoms with Gasteiger partial charge in [0.2, 0.25) is 11.8 Å². The Bertz CT molecular complexity index is 372. The quantitative estimate of drug-likeness (QED) is 0.801. The molecule has 2 aliphatic rings. The van der Waals surface area contributed by atoms with Crippen molar-refractivity contribution in [3.63, 3.8) is 0 Å². The largest absolute Gasteiger partial charge is 0.339 e. The van der Waals surface area contributed by atoms with Crippen molar-refractivity contribution in [2.24, 2.45) is 17.6 Å². The van der Waals surface area contributed by atoms with E-state index in [2.05, 4.69) is 0 Å². The van der Waals surface area contributed by atoms with E-state index in [-0.39, 0.29) is 23.8 Å². The zero-order valence-electron chi connectivity index (χ0n) is 13.4. The second kappa shape index (κ2) is 7.25. The van der Waals surface area contributed by atoms with Crippen LogP contribution in [-0.2, 0) is 9.59 Å². The molecule has 1 aliphatic heterocycles. The first-order chi connectivity index (χ1) is 9.99. The third-order valence-electron chi connectivity index (χ3n) is 4.55. The number of hydrogen-bond donors (Lipinski definition) is 1. The molecule has 0 radical (unpaired) electrons. The Hall–Kier alpha value is -1.10. The van der Waals surface area contributed by atoms with Crippen LogP contribution in [0.2, 0.25) is 0 Å². The summed E-state index contributed by atoms with van der Waals surface area (Å²) in [6.07, 6.45) is 4.98. The fourth-order valence-electron chi connectivity index (χ4n) is 2.92. The number of rotatable bonds is 6. The van der Waals surface area contributed by atoms with Crippen LogP contribution in [0.1, 0.15) is 46.0 Å². The Morgan fingerprint density at radius 2 is 1.62 bits per heavy atom. The third kappa shape index (κ3) is 4.70. The Morgan fingerprint density at radius 3 is 2.14 bits per heavy atom. The number of nitrogens with two attached hydrogens (primary N) is 1. The smallest absolute Gasteiger partial charge is 0.225 e. The van der Waals surface area contributed by atoms with E-state index in [1.807, 2.05) is 23.6 Å². The highest BCUT2D eigenvalue weighted by atomic mass is 16.2. The second-order valence-corrected chi connectivity index (χ2v) is 6.73. The van der Waals surface area contributed by atoms with Gasteiger partial charge in [-0.2, -0.15) is 0 Å². The lowest BCUT2D eigenvalue weighted by Gasteiger charge is -2.36. The lowest BCUT2D eigenvalue weighted by Crippen LogP contribution is -2.52. The van der Waals surface area contributed by atoms with Gasteiger partial charge in [-0.05, 0) is 32.6 Å². The Labute approximate surface area is 127 Å². The minimum atomic E-state index is 0.0643. The summed E-state index contributed by atoms with van der Waals surface area (Å²) in [5.41, 5.74) is 5.74. The molecule has 0 spiro atoms. The van der Waals surface area contributed by atoms with Crippen LogP contribution < -0.4 is 5.73 Å². The SMILES string of the molecule is CC(N)CCCC(C)C(=O)N1CCN(C(=O)C2CC2)CC1. The molecule has 1 heterocycles. The van der Waals surface area contributed by atoms with Gasteiger partial charge in [-0.25, -0.2) is 0 Å². The number of amides is 2. The van der Waals surface area contributed by atoms with Crippen molar-refractivity contribution >= 4 is 11.8 Å². The lowest BCUT2D eigenvalue weighted by atomic mass is 10.0. The van der Waals surface area contributed by atoms with E-state index >= 15 is 0 Å². The molecule has 2 fully saturated rings. The van der Waals surface area contributed by atoms with Crippen LogP contribution >= 0.6 is 0 Å². The van der Waals surface area contributed by atoms with Crippen LogP contribution in [0.25, 0.3) is 0 Å². The van der Waals surface area contributed by atoms with Crippen LogP contribution in [0.3, 0.4) is 0 Å². The lowest BCUT2D eigenvalue weighted by molar-refractivity contribution is -0.142. The van der Waals surface area contributed by atoms with Crippen molar-refractivity contribution in [3.8, 4) is 0 Å². The van der Waals surface area contributed by atoms with Gasteiger partial charge in [0, 0.05) is 44.1 Å². The van der Waals surface area contributed by atoms with E-state index in [0.29, 0.717) is 32.1 Å². The average Bonchev–Trinajstić information content (AvgIpc) is 3.30. The first-order valence-corrected chi connectivity index (χ1v) is 8.32. The molecule has 2 rings (SSSR count). The third-order valence-corrected chi connectivity index (χ3v) is 4.55. The van der Waals surface area contributed by atoms with Gasteiger partial charge in [-0.1, -0.05) is 13.3 Å². The van der Waals surface area contributed by atoms with Crippen LogP contribution in [0.15, 0.2) is 0 Å². The summed E-state index contributed by atoms with van der Waals surface area (Å²) < 4.78 is 0. The molecule has 120 valence electrons. The summed E-state index contributed by atoms with van der Waals surface area (Å²) in [6.45, 7) is 6.79. The monoisotopic (exact) mass is 295 g/mol. The van der Waals surface area contributed by atoms with Gasteiger partial charge in [0.15, 0.2) is 0 Å². The maximum Gasteiger partial charge on any atom is 0.225 e. The average molecular weight is 295 g/mol. The summed E-state index contributed by atoms with van der Waals surface area (Å²) in [5, 5.41) is 0. The van der Waals surface area contributed by atoms with Crippen LogP contribution in [-0.4, -0.2) is 53.8 Å². The fourth-order valence-corrected chi connectivity index (χ4v) is 2.92. The highest BCUT2D eigenvalue weighted by Gasteiger charge is 2.35. The minimum absolute atomic E-state index is 0.0643. The fraction of sp³-hybridized carbons (Fsp3) is 0.875. The zero-order valence-corrected chi connectivity index (χ0v) is 13.4. The zero-order chi connectivity index (χ0) is 15.4. The van der Waals surface area contributed by atoms with Crippen LogP contribution in [0.4, 0.5) is 0 Å². The standard InChI is InChI=1S/C16H29N3O2/c1-12(4-3-5-13(2)17)15(20)18-8-10-19(11-9-18)16(21)14-6-7-14/h12-14H,3-11,17H2,1-2H3. The topological polar surface area (TPSA) is 66.6 Å². The first kappa shape index (κ1) is 16.3. The molecule has 0 aromatic carbocycles. The molecule has 5 heteroatoms. The van der Waals surface area contributed by atoms with E-state index in [1.165, 1.54) is 0 Å². The molecule has 2 atom stereocenters. The van der Waals surface area contributed by atoms with E-state index in [4.69, 9.17) is 5.73 Å². The van der Waals surface area contributed by atoms with Crippen molar-refractivity contribution in [2.45, 2.75) is 52.0 Å². The number of piperazine rings is 1. The molecule has 1 saturated carbocycles. The molecule has 2 N–H and O–H groups in total. The van der Waals surface area contributed by atoms with Gasteiger partial charge >= 0.3 is 0 Å². The summed E-state index contributed by atoms with van der Waals surface area (Å²) in [6, 6.07) is 0.212. The maximum absolute atomic E-state index is 12.4. The van der Waals surface area contributed by atoms with E-state index in [9.17, 15) is 9.59 Å². The molecular formula is C16H29N3O2. The number of nitrogens with zero attached hydrogens (tertiary/aromatic N) is 2. The van der Waals surface area contributed by atoms with E-state index in [1.54, 1.807) is 0 Å². The molecule has 0 aromatic heterocycles. The Morgan fingerprint density at radius 1 is 1.05 bits per heavy atom. The van der Waals surface area contributed by atoms with Gasteiger partial charge in [0.05, 0.1) is 0 Å². The first-order valence-electron chi connectivity index (χ1n) is 8.32. The van der Waals surface area contributed by atoms with Crippen molar-refractivity contribution in [2.75, 3.05) is 26.2 Å².